The van der Waals surface area contributed by atoms with Gasteiger partial charge in [-0.05, 0) is 74.1 Å². The normalized spacial score (nSPS) is 14.9. The van der Waals surface area contributed by atoms with Crippen molar-refractivity contribution in [3.8, 4) is 22.3 Å². The predicted octanol–water partition coefficient (Wildman–Crippen LogP) is 6.44. The Hall–Kier alpha value is -2.79. The maximum Gasteiger partial charge on any atom is 0.307 e. The van der Waals surface area contributed by atoms with Crippen LogP contribution in [0.4, 0.5) is 5.69 Å². The Morgan fingerprint density at radius 2 is 1.71 bits per heavy atom. The van der Waals surface area contributed by atoms with Crippen LogP contribution in [0.25, 0.3) is 22.3 Å². The van der Waals surface area contributed by atoms with E-state index in [4.69, 9.17) is 4.98 Å². The fourth-order valence-corrected chi connectivity index (χ4v) is 5.71. The van der Waals surface area contributed by atoms with E-state index in [2.05, 4.69) is 75.5 Å². The fourth-order valence-electron chi connectivity index (χ4n) is 4.89. The zero-order valence-corrected chi connectivity index (χ0v) is 19.7. The minimum absolute atomic E-state index is 0.00135. The van der Waals surface area contributed by atoms with Gasteiger partial charge in [0.15, 0.2) is 0 Å². The van der Waals surface area contributed by atoms with Gasteiger partial charge in [-0.25, -0.2) is 0 Å². The van der Waals surface area contributed by atoms with Crippen LogP contribution in [-0.4, -0.2) is 22.3 Å². The maximum absolute atomic E-state index is 11.9. The van der Waals surface area contributed by atoms with Gasteiger partial charge < -0.3 is 9.41 Å². The molecule has 3 aromatic rings. The first-order valence-electron chi connectivity index (χ1n) is 10.5. The van der Waals surface area contributed by atoms with Gasteiger partial charge in [0, 0.05) is 23.6 Å². The molecular weight excluding hydrogens is 404 g/mol. The molecule has 1 aliphatic rings. The summed E-state index contributed by atoms with van der Waals surface area (Å²) in [6, 6.07) is 10.5. The zero-order chi connectivity index (χ0) is 22.4. The van der Waals surface area contributed by atoms with Crippen LogP contribution in [0.2, 0.25) is 0 Å². The molecule has 1 atom stereocenters. The standard InChI is InChI=1S/C26H28N2O2S/c1-14-7-9-19(10-8-14)23-17(4)24-22-15(2)11-12-27-25(22)18(5)28(31-6)26(24)16(3)20(23)13-21(29)30/h7-12,18H,13H2,1-6H3,(H,29,30)/t18-/m0/s1. The van der Waals surface area contributed by atoms with E-state index in [1.807, 2.05) is 6.20 Å². The molecule has 160 valence electrons. The third kappa shape index (κ3) is 3.41. The summed E-state index contributed by atoms with van der Waals surface area (Å²) in [5.41, 5.74) is 12.1. The Bertz CT molecular complexity index is 1190. The summed E-state index contributed by atoms with van der Waals surface area (Å²) in [7, 11) is 0. The Morgan fingerprint density at radius 3 is 2.32 bits per heavy atom. The van der Waals surface area contributed by atoms with Crippen LogP contribution in [0.1, 0.15) is 46.5 Å². The number of aryl methyl sites for hydroxylation is 2. The lowest BCUT2D eigenvalue weighted by atomic mass is 9.79. The zero-order valence-electron chi connectivity index (χ0n) is 18.9. The van der Waals surface area contributed by atoms with Crippen LogP contribution >= 0.6 is 11.9 Å². The van der Waals surface area contributed by atoms with Gasteiger partial charge in [0.05, 0.1) is 23.8 Å². The first-order chi connectivity index (χ1) is 14.8. The highest BCUT2D eigenvalue weighted by Gasteiger charge is 2.35. The van der Waals surface area contributed by atoms with Crippen molar-refractivity contribution in [2.75, 3.05) is 10.6 Å². The lowest BCUT2D eigenvalue weighted by Gasteiger charge is -2.39. The molecule has 0 saturated heterocycles. The van der Waals surface area contributed by atoms with Gasteiger partial charge >= 0.3 is 5.97 Å². The van der Waals surface area contributed by atoms with E-state index in [0.29, 0.717) is 0 Å². The van der Waals surface area contributed by atoms with Crippen LogP contribution in [-0.2, 0) is 11.2 Å². The number of anilines is 1. The highest BCUT2D eigenvalue weighted by molar-refractivity contribution is 8.00. The van der Waals surface area contributed by atoms with E-state index in [9.17, 15) is 9.90 Å². The van der Waals surface area contributed by atoms with Gasteiger partial charge in [0.25, 0.3) is 0 Å². The number of fused-ring (bicyclic) bond motifs is 3. The van der Waals surface area contributed by atoms with Crippen molar-refractivity contribution in [1.29, 1.82) is 0 Å². The van der Waals surface area contributed by atoms with E-state index in [1.54, 1.807) is 11.9 Å². The summed E-state index contributed by atoms with van der Waals surface area (Å²) in [5, 5.41) is 9.75. The number of hydrogen-bond donors (Lipinski definition) is 1. The number of nitrogens with zero attached hydrogens (tertiary/aromatic N) is 2. The highest BCUT2D eigenvalue weighted by Crippen LogP contribution is 2.53. The number of carbonyl (C=O) groups is 1. The quantitative estimate of drug-likeness (QED) is 0.481. The molecular formula is C26H28N2O2S. The van der Waals surface area contributed by atoms with Crippen LogP contribution < -0.4 is 4.31 Å². The first-order valence-corrected chi connectivity index (χ1v) is 11.7. The Kier molecular flexibility index (Phi) is 5.56. The average Bonchev–Trinajstić information content (AvgIpc) is 2.73. The topological polar surface area (TPSA) is 53.4 Å². The summed E-state index contributed by atoms with van der Waals surface area (Å²) in [5.74, 6) is -0.811. The first kappa shape index (κ1) is 21.4. The third-order valence-electron chi connectivity index (χ3n) is 6.37. The Labute approximate surface area is 188 Å². The van der Waals surface area contributed by atoms with Crippen molar-refractivity contribution in [2.24, 2.45) is 0 Å². The van der Waals surface area contributed by atoms with Crippen molar-refractivity contribution in [2.45, 2.75) is 47.1 Å². The SMILES string of the molecule is CSN1c2c(C)c(CC(=O)O)c(-c3ccc(C)cc3)c(C)c2-c2c(C)ccnc2[C@@H]1C. The molecule has 5 heteroatoms. The van der Waals surface area contributed by atoms with E-state index in [1.165, 1.54) is 22.3 Å². The van der Waals surface area contributed by atoms with Gasteiger partial charge in [-0.15, -0.1) is 0 Å². The van der Waals surface area contributed by atoms with Crippen molar-refractivity contribution in [1.82, 2.24) is 4.98 Å². The largest absolute Gasteiger partial charge is 0.481 e. The van der Waals surface area contributed by atoms with Gasteiger partial charge in [-0.3, -0.25) is 9.78 Å². The molecule has 4 nitrogen and oxygen atoms in total. The second kappa shape index (κ2) is 8.04. The van der Waals surface area contributed by atoms with E-state index in [0.717, 1.165) is 39.2 Å². The van der Waals surface area contributed by atoms with Gasteiger partial charge in [-0.1, -0.05) is 41.8 Å². The fraction of sp³-hybridized carbons (Fsp3) is 0.308. The van der Waals surface area contributed by atoms with Crippen LogP contribution in [0.15, 0.2) is 36.5 Å². The lowest BCUT2D eigenvalue weighted by Crippen LogP contribution is -2.27. The third-order valence-corrected chi connectivity index (χ3v) is 7.26. The molecule has 0 bridgehead atoms. The van der Waals surface area contributed by atoms with Crippen LogP contribution in [0.5, 0.6) is 0 Å². The summed E-state index contributed by atoms with van der Waals surface area (Å²) >= 11 is 1.67. The summed E-state index contributed by atoms with van der Waals surface area (Å²) in [6.45, 7) is 10.6. The summed E-state index contributed by atoms with van der Waals surface area (Å²) in [6.07, 6.45) is 3.95. The van der Waals surface area contributed by atoms with Gasteiger partial charge in [-0.2, -0.15) is 0 Å². The molecule has 0 radical (unpaired) electrons. The molecule has 0 unspecified atom stereocenters. The Morgan fingerprint density at radius 1 is 1.03 bits per heavy atom. The van der Waals surface area contributed by atoms with Gasteiger partial charge in [0.1, 0.15) is 0 Å². The highest BCUT2D eigenvalue weighted by atomic mass is 32.2. The molecule has 1 N–H and O–H groups in total. The number of pyridine rings is 1. The smallest absolute Gasteiger partial charge is 0.307 e. The number of aliphatic carboxylic acids is 1. The number of aromatic nitrogens is 1. The molecule has 0 aliphatic carbocycles. The molecule has 0 spiro atoms. The molecule has 1 aromatic heterocycles. The van der Waals surface area contributed by atoms with Crippen molar-refractivity contribution < 1.29 is 9.90 Å². The molecule has 2 aromatic carbocycles. The molecule has 0 saturated carbocycles. The summed E-state index contributed by atoms with van der Waals surface area (Å²) < 4.78 is 2.29. The number of carboxylic acids is 1. The number of rotatable bonds is 4. The average molecular weight is 433 g/mol. The van der Waals surface area contributed by atoms with E-state index < -0.39 is 5.97 Å². The molecule has 31 heavy (non-hydrogen) atoms. The molecule has 1 aliphatic heterocycles. The lowest BCUT2D eigenvalue weighted by molar-refractivity contribution is -0.136. The van der Waals surface area contributed by atoms with E-state index >= 15 is 0 Å². The number of carboxylic acid groups (broad SMARTS) is 1. The minimum Gasteiger partial charge on any atom is -0.481 e. The van der Waals surface area contributed by atoms with Crippen molar-refractivity contribution in [3.05, 3.63) is 70.0 Å². The number of benzene rings is 2. The maximum atomic E-state index is 11.9. The Balaban J connectivity index is 2.16. The van der Waals surface area contributed by atoms with Crippen molar-refractivity contribution in [3.63, 3.8) is 0 Å². The molecule has 2 heterocycles. The molecule has 0 fully saturated rings. The van der Waals surface area contributed by atoms with Gasteiger partial charge in [0.2, 0.25) is 0 Å². The number of hydrogen-bond acceptors (Lipinski definition) is 4. The minimum atomic E-state index is -0.811. The van der Waals surface area contributed by atoms with E-state index in [-0.39, 0.29) is 12.5 Å². The van der Waals surface area contributed by atoms with Crippen LogP contribution in [0, 0.1) is 27.7 Å². The molecule has 4 rings (SSSR count). The van der Waals surface area contributed by atoms with Crippen LogP contribution in [0.3, 0.4) is 0 Å². The van der Waals surface area contributed by atoms with Crippen molar-refractivity contribution >= 4 is 23.6 Å². The molecule has 0 amide bonds. The predicted molar refractivity (Wildman–Crippen MR) is 130 cm³/mol. The monoisotopic (exact) mass is 432 g/mol. The second-order valence-electron chi connectivity index (χ2n) is 8.34. The second-order valence-corrected chi connectivity index (χ2v) is 9.09. The summed E-state index contributed by atoms with van der Waals surface area (Å²) in [4.78, 5) is 16.6.